The lowest BCUT2D eigenvalue weighted by atomic mass is 9.89. The van der Waals surface area contributed by atoms with E-state index < -0.39 is 16.9 Å². The van der Waals surface area contributed by atoms with Crippen LogP contribution in [0.25, 0.3) is 10.8 Å². The van der Waals surface area contributed by atoms with Gasteiger partial charge in [0.25, 0.3) is 0 Å². The van der Waals surface area contributed by atoms with Crippen LogP contribution in [-0.2, 0) is 12.7 Å². The molecular weight excluding hydrogens is 410 g/mol. The van der Waals surface area contributed by atoms with Gasteiger partial charge in [-0.25, -0.2) is 9.37 Å². The van der Waals surface area contributed by atoms with Gasteiger partial charge in [0.05, 0.1) is 11.8 Å². The first-order valence-corrected chi connectivity index (χ1v) is 9.33. The summed E-state index contributed by atoms with van der Waals surface area (Å²) in [5.41, 5.74) is -0.461. The number of nitrogens with one attached hydrogen (secondary N) is 1. The molecule has 0 bridgehead atoms. The Morgan fingerprint density at radius 2 is 1.97 bits per heavy atom. The average molecular weight is 426 g/mol. The van der Waals surface area contributed by atoms with Crippen LogP contribution < -0.4 is 10.1 Å². The molecule has 0 unspecified atom stereocenters. The Kier molecular flexibility index (Phi) is 5.31. The van der Waals surface area contributed by atoms with Gasteiger partial charge < -0.3 is 10.1 Å². The lowest BCUT2D eigenvalue weighted by Gasteiger charge is -2.36. The lowest BCUT2D eigenvalue weighted by molar-refractivity contribution is -0.137. The van der Waals surface area contributed by atoms with Gasteiger partial charge in [0, 0.05) is 35.9 Å². The second-order valence-electron chi connectivity index (χ2n) is 6.92. The van der Waals surface area contributed by atoms with E-state index >= 15 is 0 Å². The molecule has 152 valence electrons. The molecule has 1 aromatic carbocycles. The number of fused-ring (bicyclic) bond motifs is 1. The van der Waals surface area contributed by atoms with Crippen molar-refractivity contribution >= 4 is 22.4 Å². The van der Waals surface area contributed by atoms with Crippen LogP contribution in [0, 0.1) is 5.82 Å². The number of hydrogen-bond donors (Lipinski definition) is 1. The molecule has 0 saturated heterocycles. The van der Waals surface area contributed by atoms with Crippen molar-refractivity contribution in [1.82, 2.24) is 15.3 Å². The summed E-state index contributed by atoms with van der Waals surface area (Å²) in [6, 6.07) is 5.81. The third-order valence-electron chi connectivity index (χ3n) is 4.96. The van der Waals surface area contributed by atoms with E-state index in [1.54, 1.807) is 24.5 Å². The summed E-state index contributed by atoms with van der Waals surface area (Å²) >= 11 is 5.51. The molecule has 3 aromatic rings. The van der Waals surface area contributed by atoms with Crippen LogP contribution in [0.5, 0.6) is 5.75 Å². The lowest BCUT2D eigenvalue weighted by Crippen LogP contribution is -2.46. The first kappa shape index (κ1) is 19.8. The summed E-state index contributed by atoms with van der Waals surface area (Å²) in [5.74, 6) is -0.270. The number of ether oxygens (including phenoxy) is 1. The molecule has 1 fully saturated rings. The van der Waals surface area contributed by atoms with Crippen molar-refractivity contribution in [2.75, 3.05) is 0 Å². The molecule has 2 heterocycles. The van der Waals surface area contributed by atoms with E-state index in [2.05, 4.69) is 15.3 Å². The zero-order valence-electron chi connectivity index (χ0n) is 15.0. The van der Waals surface area contributed by atoms with Crippen LogP contribution in [0.15, 0.2) is 42.9 Å². The number of benzene rings is 1. The predicted molar refractivity (Wildman–Crippen MR) is 100 cm³/mol. The number of hydrogen-bond acceptors (Lipinski definition) is 4. The molecule has 1 N–H and O–H groups in total. The fraction of sp³-hybridized carbons (Fsp3) is 0.300. The number of nitrogens with zero attached hydrogens (tertiary/aromatic N) is 2. The van der Waals surface area contributed by atoms with E-state index in [1.807, 2.05) is 0 Å². The van der Waals surface area contributed by atoms with Gasteiger partial charge in [0.15, 0.2) is 0 Å². The maximum Gasteiger partial charge on any atom is 0.419 e. The maximum absolute atomic E-state index is 14.2. The van der Waals surface area contributed by atoms with Crippen molar-refractivity contribution in [3.8, 4) is 5.75 Å². The first-order valence-electron chi connectivity index (χ1n) is 8.95. The highest BCUT2D eigenvalue weighted by molar-refractivity contribution is 6.30. The standard InChI is InChI=1S/C20H16ClF4N3O/c21-19-17(20(23,24)25)7-14(9-28-19)29-13-5-12(6-13)27-10-16-15-3-4-26-8-11(15)1-2-18(16)22/h1-4,7-9,12-13,27H,5-6,10H2/t12-,13-. The monoisotopic (exact) mass is 425 g/mol. The van der Waals surface area contributed by atoms with Gasteiger partial charge >= 0.3 is 6.18 Å². The highest BCUT2D eigenvalue weighted by atomic mass is 35.5. The predicted octanol–water partition coefficient (Wildman–Crippen LogP) is 5.14. The van der Waals surface area contributed by atoms with Crippen LogP contribution >= 0.6 is 11.6 Å². The molecule has 0 atom stereocenters. The Labute approximate surface area is 168 Å². The minimum Gasteiger partial charge on any atom is -0.489 e. The van der Waals surface area contributed by atoms with Gasteiger partial charge in [-0.2, -0.15) is 13.2 Å². The Balaban J connectivity index is 1.34. The van der Waals surface area contributed by atoms with Gasteiger partial charge in [-0.3, -0.25) is 4.98 Å². The quantitative estimate of drug-likeness (QED) is 0.454. The highest BCUT2D eigenvalue weighted by Gasteiger charge is 2.36. The fourth-order valence-corrected chi connectivity index (χ4v) is 3.56. The second kappa shape index (κ2) is 7.76. The van der Waals surface area contributed by atoms with Crippen LogP contribution in [0.2, 0.25) is 5.15 Å². The average Bonchev–Trinajstić information content (AvgIpc) is 2.65. The molecule has 0 aliphatic heterocycles. The van der Waals surface area contributed by atoms with E-state index in [1.165, 1.54) is 12.3 Å². The topological polar surface area (TPSA) is 47.0 Å². The van der Waals surface area contributed by atoms with Crippen LogP contribution in [0.3, 0.4) is 0 Å². The normalized spacial score (nSPS) is 19.2. The molecule has 1 saturated carbocycles. The number of pyridine rings is 2. The number of rotatable bonds is 5. The largest absolute Gasteiger partial charge is 0.489 e. The summed E-state index contributed by atoms with van der Waals surface area (Å²) in [6.07, 6.45) is 0.839. The SMILES string of the molecule is Fc1ccc2cnccc2c1CN[C@H]1C[C@H](Oc2cnc(Cl)c(C(F)(F)F)c2)C1. The summed E-state index contributed by atoms with van der Waals surface area (Å²) in [6.45, 7) is 0.339. The Bertz CT molecular complexity index is 1040. The van der Waals surface area contributed by atoms with E-state index in [0.717, 1.165) is 16.8 Å². The minimum atomic E-state index is -4.59. The van der Waals surface area contributed by atoms with Crippen molar-refractivity contribution in [3.63, 3.8) is 0 Å². The van der Waals surface area contributed by atoms with Gasteiger partial charge in [0.2, 0.25) is 0 Å². The Morgan fingerprint density at radius 3 is 2.72 bits per heavy atom. The molecule has 0 spiro atoms. The maximum atomic E-state index is 14.2. The van der Waals surface area contributed by atoms with Gasteiger partial charge in [0.1, 0.15) is 22.8 Å². The van der Waals surface area contributed by atoms with Crippen molar-refractivity contribution in [3.05, 3.63) is 65.0 Å². The molecule has 2 aromatic heterocycles. The van der Waals surface area contributed by atoms with Crippen LogP contribution in [-0.4, -0.2) is 22.1 Å². The van der Waals surface area contributed by atoms with E-state index in [9.17, 15) is 17.6 Å². The molecule has 0 radical (unpaired) electrons. The second-order valence-corrected chi connectivity index (χ2v) is 7.28. The smallest absolute Gasteiger partial charge is 0.419 e. The number of alkyl halides is 3. The minimum absolute atomic E-state index is 0.0257. The Morgan fingerprint density at radius 1 is 1.17 bits per heavy atom. The van der Waals surface area contributed by atoms with Gasteiger partial charge in [-0.15, -0.1) is 0 Å². The molecule has 1 aliphatic rings. The summed E-state index contributed by atoms with van der Waals surface area (Å²) in [5, 5.41) is 4.32. The van der Waals surface area contributed by atoms with Crippen molar-refractivity contribution in [2.24, 2.45) is 0 Å². The van der Waals surface area contributed by atoms with Crippen LogP contribution in [0.4, 0.5) is 17.6 Å². The third-order valence-corrected chi connectivity index (χ3v) is 5.26. The highest BCUT2D eigenvalue weighted by Crippen LogP contribution is 2.36. The molecule has 4 rings (SSSR count). The summed E-state index contributed by atoms with van der Waals surface area (Å²) in [4.78, 5) is 7.59. The summed E-state index contributed by atoms with van der Waals surface area (Å²) < 4.78 is 58.5. The number of halogens is 5. The van der Waals surface area contributed by atoms with Crippen molar-refractivity contribution in [2.45, 2.75) is 37.7 Å². The molecule has 1 aliphatic carbocycles. The van der Waals surface area contributed by atoms with Gasteiger partial charge in [-0.1, -0.05) is 11.6 Å². The summed E-state index contributed by atoms with van der Waals surface area (Å²) in [7, 11) is 0. The molecule has 29 heavy (non-hydrogen) atoms. The van der Waals surface area contributed by atoms with Crippen molar-refractivity contribution < 1.29 is 22.3 Å². The zero-order valence-corrected chi connectivity index (χ0v) is 15.8. The van der Waals surface area contributed by atoms with E-state index in [0.29, 0.717) is 24.9 Å². The van der Waals surface area contributed by atoms with Crippen LogP contribution in [0.1, 0.15) is 24.0 Å². The number of aromatic nitrogens is 2. The van der Waals surface area contributed by atoms with E-state index in [-0.39, 0.29) is 23.7 Å². The molecule has 4 nitrogen and oxygen atoms in total. The fourth-order valence-electron chi connectivity index (χ4n) is 3.35. The van der Waals surface area contributed by atoms with Gasteiger partial charge in [-0.05, 0) is 42.5 Å². The first-order chi connectivity index (χ1) is 13.8. The molecular formula is C20H16ClF4N3O. The zero-order chi connectivity index (χ0) is 20.6. The van der Waals surface area contributed by atoms with E-state index in [4.69, 9.17) is 16.3 Å². The Hall–Kier alpha value is -2.45. The van der Waals surface area contributed by atoms with Crippen molar-refractivity contribution in [1.29, 1.82) is 0 Å². The third kappa shape index (κ3) is 4.28. The molecule has 9 heteroatoms. The molecule has 0 amide bonds.